The number of alkyl halides is 3. The lowest BCUT2D eigenvalue weighted by molar-refractivity contribution is -0.141. The van der Waals surface area contributed by atoms with Crippen LogP contribution in [0.3, 0.4) is 0 Å². The van der Waals surface area contributed by atoms with Crippen LogP contribution in [0.15, 0.2) is 30.3 Å². The molecule has 0 aliphatic rings. The molecule has 1 N–H and O–H groups in total. The Morgan fingerprint density at radius 2 is 1.95 bits per heavy atom. The molecule has 1 heterocycles. The summed E-state index contributed by atoms with van der Waals surface area (Å²) in [6.45, 7) is 1.75. The van der Waals surface area contributed by atoms with Gasteiger partial charge in [-0.1, -0.05) is 18.2 Å². The van der Waals surface area contributed by atoms with Gasteiger partial charge in [-0.2, -0.15) is 18.3 Å². The highest BCUT2D eigenvalue weighted by atomic mass is 19.4. The molecule has 0 aliphatic heterocycles. The molecule has 0 bridgehead atoms. The Labute approximate surface area is 113 Å². The molecule has 106 valence electrons. The zero-order chi connectivity index (χ0) is 14.9. The van der Waals surface area contributed by atoms with Crippen molar-refractivity contribution in [2.75, 3.05) is 5.32 Å². The smallest absolute Gasteiger partial charge is 0.307 e. The Hall–Kier alpha value is -2.31. The minimum atomic E-state index is -4.54. The lowest BCUT2D eigenvalue weighted by atomic mass is 10.1. The first kappa shape index (κ1) is 14.1. The van der Waals surface area contributed by atoms with Gasteiger partial charge < -0.3 is 5.32 Å². The van der Waals surface area contributed by atoms with Gasteiger partial charge in [-0.3, -0.25) is 9.48 Å². The second-order valence-electron chi connectivity index (χ2n) is 4.31. The second-order valence-corrected chi connectivity index (χ2v) is 4.31. The van der Waals surface area contributed by atoms with Gasteiger partial charge in [0.25, 0.3) is 5.91 Å². The van der Waals surface area contributed by atoms with E-state index in [4.69, 9.17) is 0 Å². The van der Waals surface area contributed by atoms with Crippen molar-refractivity contribution >= 4 is 11.7 Å². The predicted molar refractivity (Wildman–Crippen MR) is 67.3 cm³/mol. The van der Waals surface area contributed by atoms with Gasteiger partial charge >= 0.3 is 6.18 Å². The molecule has 0 fully saturated rings. The molecule has 1 amide bonds. The fraction of sp³-hybridized carbons (Fsp3) is 0.231. The van der Waals surface area contributed by atoms with Gasteiger partial charge in [0, 0.05) is 18.7 Å². The van der Waals surface area contributed by atoms with Crippen LogP contribution in [0.25, 0.3) is 0 Å². The van der Waals surface area contributed by atoms with Crippen molar-refractivity contribution in [1.82, 2.24) is 9.78 Å². The maximum absolute atomic E-state index is 12.5. The summed E-state index contributed by atoms with van der Waals surface area (Å²) < 4.78 is 38.5. The highest BCUT2D eigenvalue weighted by molar-refractivity contribution is 6.04. The SMILES string of the molecule is Cc1ccccc1C(=O)Nc1cc(C(F)(F)F)nn1C. The molecule has 0 atom stereocenters. The maximum atomic E-state index is 12.5. The third kappa shape index (κ3) is 2.81. The topological polar surface area (TPSA) is 46.9 Å². The monoisotopic (exact) mass is 283 g/mol. The number of nitrogens with zero attached hydrogens (tertiary/aromatic N) is 2. The van der Waals surface area contributed by atoms with E-state index in [1.165, 1.54) is 7.05 Å². The van der Waals surface area contributed by atoms with Gasteiger partial charge in [-0.25, -0.2) is 0 Å². The molecular weight excluding hydrogens is 271 g/mol. The zero-order valence-corrected chi connectivity index (χ0v) is 10.8. The van der Waals surface area contributed by atoms with E-state index in [0.717, 1.165) is 16.3 Å². The van der Waals surface area contributed by atoms with E-state index in [1.807, 2.05) is 0 Å². The number of carbonyl (C=O) groups is 1. The van der Waals surface area contributed by atoms with Crippen LogP contribution >= 0.6 is 0 Å². The summed E-state index contributed by atoms with van der Waals surface area (Å²) in [5, 5.41) is 5.75. The highest BCUT2D eigenvalue weighted by Gasteiger charge is 2.34. The van der Waals surface area contributed by atoms with E-state index in [1.54, 1.807) is 31.2 Å². The molecule has 0 spiro atoms. The first-order valence-electron chi connectivity index (χ1n) is 5.77. The number of aryl methyl sites for hydroxylation is 2. The number of halogens is 3. The number of aromatic nitrogens is 2. The van der Waals surface area contributed by atoms with Crippen LogP contribution in [0.2, 0.25) is 0 Å². The van der Waals surface area contributed by atoms with Crippen LogP contribution in [-0.2, 0) is 13.2 Å². The Bertz CT molecular complexity index is 647. The number of nitrogens with one attached hydrogen (secondary N) is 1. The summed E-state index contributed by atoms with van der Waals surface area (Å²) in [5.41, 5.74) is 0.102. The molecule has 20 heavy (non-hydrogen) atoms. The Morgan fingerprint density at radius 1 is 1.30 bits per heavy atom. The number of amides is 1. The Morgan fingerprint density at radius 3 is 2.50 bits per heavy atom. The Balaban J connectivity index is 2.25. The lowest BCUT2D eigenvalue weighted by Crippen LogP contribution is -2.15. The van der Waals surface area contributed by atoms with Crippen molar-refractivity contribution in [2.45, 2.75) is 13.1 Å². The highest BCUT2D eigenvalue weighted by Crippen LogP contribution is 2.29. The zero-order valence-electron chi connectivity index (χ0n) is 10.8. The number of anilines is 1. The average molecular weight is 283 g/mol. The van der Waals surface area contributed by atoms with Crippen LogP contribution in [0.4, 0.5) is 19.0 Å². The molecule has 1 aromatic heterocycles. The minimum Gasteiger partial charge on any atom is -0.307 e. The number of rotatable bonds is 2. The quantitative estimate of drug-likeness (QED) is 0.921. The first-order valence-corrected chi connectivity index (χ1v) is 5.77. The number of benzene rings is 1. The van der Waals surface area contributed by atoms with Crippen molar-refractivity contribution in [3.8, 4) is 0 Å². The van der Waals surface area contributed by atoms with Crippen molar-refractivity contribution in [2.24, 2.45) is 7.05 Å². The van der Waals surface area contributed by atoms with Crippen LogP contribution in [0.5, 0.6) is 0 Å². The number of hydrogen-bond donors (Lipinski definition) is 1. The lowest BCUT2D eigenvalue weighted by Gasteiger charge is -2.07. The Kier molecular flexibility index (Phi) is 3.52. The molecule has 1 aromatic carbocycles. The summed E-state index contributed by atoms with van der Waals surface area (Å²) in [6, 6.07) is 7.62. The fourth-order valence-electron chi connectivity index (χ4n) is 1.73. The van der Waals surface area contributed by atoms with E-state index in [0.29, 0.717) is 5.56 Å². The first-order chi connectivity index (χ1) is 9.29. The van der Waals surface area contributed by atoms with E-state index in [9.17, 15) is 18.0 Å². The summed E-state index contributed by atoms with van der Waals surface area (Å²) in [6.07, 6.45) is -4.54. The maximum Gasteiger partial charge on any atom is 0.435 e. The van der Waals surface area contributed by atoms with Crippen molar-refractivity contribution < 1.29 is 18.0 Å². The van der Waals surface area contributed by atoms with E-state index >= 15 is 0 Å². The summed E-state index contributed by atoms with van der Waals surface area (Å²) in [4.78, 5) is 12.0. The minimum absolute atomic E-state index is 0.00872. The van der Waals surface area contributed by atoms with E-state index in [-0.39, 0.29) is 5.82 Å². The molecule has 0 unspecified atom stereocenters. The molecule has 7 heteroatoms. The third-order valence-electron chi connectivity index (χ3n) is 2.80. The molecule has 0 radical (unpaired) electrons. The molecule has 0 aliphatic carbocycles. The standard InChI is InChI=1S/C13H12F3N3O/c1-8-5-3-4-6-9(8)12(20)17-11-7-10(13(14,15)16)18-19(11)2/h3-7H,1-2H3,(H,17,20). The normalized spacial score (nSPS) is 11.4. The van der Waals surface area contributed by atoms with Crippen LogP contribution in [0.1, 0.15) is 21.6 Å². The van der Waals surface area contributed by atoms with Crippen molar-refractivity contribution in [1.29, 1.82) is 0 Å². The number of hydrogen-bond acceptors (Lipinski definition) is 2. The largest absolute Gasteiger partial charge is 0.435 e. The molecule has 0 saturated heterocycles. The molecule has 4 nitrogen and oxygen atoms in total. The van der Waals surface area contributed by atoms with Gasteiger partial charge in [0.1, 0.15) is 5.82 Å². The molecule has 2 aromatic rings. The van der Waals surface area contributed by atoms with Crippen molar-refractivity contribution in [3.63, 3.8) is 0 Å². The average Bonchev–Trinajstić information content (AvgIpc) is 2.71. The van der Waals surface area contributed by atoms with E-state index < -0.39 is 17.8 Å². The second kappa shape index (κ2) is 4.99. The van der Waals surface area contributed by atoms with Gasteiger partial charge in [0.05, 0.1) is 0 Å². The summed E-state index contributed by atoms with van der Waals surface area (Å²) in [7, 11) is 1.34. The molecule has 2 rings (SSSR count). The van der Waals surface area contributed by atoms with Gasteiger partial charge in [-0.15, -0.1) is 0 Å². The van der Waals surface area contributed by atoms with Crippen LogP contribution in [-0.4, -0.2) is 15.7 Å². The molecule has 0 saturated carbocycles. The summed E-state index contributed by atoms with van der Waals surface area (Å²) in [5.74, 6) is -0.481. The van der Waals surface area contributed by atoms with Gasteiger partial charge in [-0.05, 0) is 18.6 Å². The van der Waals surface area contributed by atoms with Crippen LogP contribution < -0.4 is 5.32 Å². The van der Waals surface area contributed by atoms with Crippen LogP contribution in [0, 0.1) is 6.92 Å². The van der Waals surface area contributed by atoms with Gasteiger partial charge in [0.15, 0.2) is 5.69 Å². The van der Waals surface area contributed by atoms with Crippen molar-refractivity contribution in [3.05, 3.63) is 47.2 Å². The third-order valence-corrected chi connectivity index (χ3v) is 2.80. The molecular formula is C13H12F3N3O. The van der Waals surface area contributed by atoms with E-state index in [2.05, 4.69) is 10.4 Å². The fourth-order valence-corrected chi connectivity index (χ4v) is 1.73. The number of carbonyl (C=O) groups excluding carboxylic acids is 1. The predicted octanol–water partition coefficient (Wildman–Crippen LogP) is 3.00. The van der Waals surface area contributed by atoms with Gasteiger partial charge in [0.2, 0.25) is 0 Å². The summed E-state index contributed by atoms with van der Waals surface area (Å²) >= 11 is 0.